The van der Waals surface area contributed by atoms with Crippen LogP contribution >= 0.6 is 0 Å². The minimum Gasteiger partial charge on any atom is -0.384 e. The maximum absolute atomic E-state index is 11.6. The van der Waals surface area contributed by atoms with Crippen LogP contribution in [0.3, 0.4) is 0 Å². The van der Waals surface area contributed by atoms with Crippen LogP contribution in [0.4, 0.5) is 5.82 Å². The fourth-order valence-corrected chi connectivity index (χ4v) is 1.18. The molecule has 0 bridgehead atoms. The van der Waals surface area contributed by atoms with Crippen LogP contribution in [0.5, 0.6) is 0 Å². The molecule has 0 aliphatic heterocycles. The number of nitro groups is 1. The second-order valence-electron chi connectivity index (χ2n) is 3.11. The highest BCUT2D eigenvalue weighted by atomic mass is 16.6. The van der Waals surface area contributed by atoms with Gasteiger partial charge >= 0.3 is 5.69 Å². The first kappa shape index (κ1) is 11.7. The third kappa shape index (κ3) is 1.85. The lowest BCUT2D eigenvalue weighted by atomic mass is 10.3. The Bertz CT molecular complexity index is 581. The van der Waals surface area contributed by atoms with E-state index in [1.54, 1.807) is 0 Å². The molecule has 0 saturated heterocycles. The van der Waals surface area contributed by atoms with Crippen LogP contribution in [0.2, 0.25) is 0 Å². The summed E-state index contributed by atoms with van der Waals surface area (Å²) in [5.41, 5.74) is 4.18. The number of rotatable bonds is 2. The highest BCUT2D eigenvalue weighted by molar-refractivity contribution is 5.59. The summed E-state index contributed by atoms with van der Waals surface area (Å²) in [7, 11) is 2.65. The second kappa shape index (κ2) is 4.01. The Hall–Kier alpha value is -2.38. The minimum atomic E-state index is -0.718. The fraction of sp³-hybridized carbons (Fsp3) is 0.250. The van der Waals surface area contributed by atoms with Crippen molar-refractivity contribution in [2.24, 2.45) is 14.1 Å². The third-order valence-electron chi connectivity index (χ3n) is 2.11. The van der Waals surface area contributed by atoms with Crippen molar-refractivity contribution in [2.75, 3.05) is 5.73 Å². The van der Waals surface area contributed by atoms with Crippen molar-refractivity contribution in [3.63, 3.8) is 0 Å². The van der Waals surface area contributed by atoms with Gasteiger partial charge in [0, 0.05) is 20.2 Å². The summed E-state index contributed by atoms with van der Waals surface area (Å²) in [5.74, 6) is -0.105. The molecule has 0 amide bonds. The zero-order valence-electron chi connectivity index (χ0n) is 8.71. The van der Waals surface area contributed by atoms with Gasteiger partial charge in [0.2, 0.25) is 6.20 Å². The van der Waals surface area contributed by atoms with Gasteiger partial charge in [-0.15, -0.1) is 0 Å². The lowest BCUT2D eigenvalue weighted by Crippen LogP contribution is -2.39. The van der Waals surface area contributed by atoms with Gasteiger partial charge < -0.3 is 5.73 Å². The van der Waals surface area contributed by atoms with Crippen molar-refractivity contribution >= 4 is 11.9 Å². The van der Waals surface area contributed by atoms with Gasteiger partial charge in [-0.2, -0.15) is 0 Å². The Morgan fingerprint density at radius 3 is 2.38 bits per heavy atom. The van der Waals surface area contributed by atoms with Crippen molar-refractivity contribution < 1.29 is 4.92 Å². The monoisotopic (exact) mass is 226 g/mol. The third-order valence-corrected chi connectivity index (χ3v) is 2.11. The van der Waals surface area contributed by atoms with E-state index in [0.29, 0.717) is 6.20 Å². The summed E-state index contributed by atoms with van der Waals surface area (Å²) in [6.45, 7) is 0. The molecule has 1 heterocycles. The summed E-state index contributed by atoms with van der Waals surface area (Å²) in [4.78, 5) is 32.4. The van der Waals surface area contributed by atoms with E-state index >= 15 is 0 Å². The summed E-state index contributed by atoms with van der Waals surface area (Å²) < 4.78 is 1.87. The number of aromatic nitrogens is 2. The summed E-state index contributed by atoms with van der Waals surface area (Å²) in [5, 5.41) is 10.1. The van der Waals surface area contributed by atoms with Gasteiger partial charge in [-0.25, -0.2) is 4.79 Å². The molecule has 0 aliphatic carbocycles. The SMILES string of the molecule is Cn1c(N)c(/C=C/[N+](=O)[O-])c(=O)n(C)c1=O. The first-order valence-electron chi connectivity index (χ1n) is 4.23. The summed E-state index contributed by atoms with van der Waals surface area (Å²) in [6.07, 6.45) is 1.56. The Kier molecular flexibility index (Phi) is 2.93. The lowest BCUT2D eigenvalue weighted by molar-refractivity contribution is -0.400. The number of nitrogens with zero attached hydrogens (tertiary/aromatic N) is 3. The zero-order valence-corrected chi connectivity index (χ0v) is 8.71. The molecule has 1 aromatic rings. The van der Waals surface area contributed by atoms with E-state index in [9.17, 15) is 19.7 Å². The fourth-order valence-electron chi connectivity index (χ4n) is 1.18. The van der Waals surface area contributed by atoms with E-state index in [-0.39, 0.29) is 11.4 Å². The van der Waals surface area contributed by atoms with Crippen LogP contribution in [0, 0.1) is 10.1 Å². The Morgan fingerprint density at radius 1 is 1.31 bits per heavy atom. The van der Waals surface area contributed by atoms with Crippen LogP contribution in [-0.4, -0.2) is 14.1 Å². The van der Waals surface area contributed by atoms with Crippen molar-refractivity contribution in [1.82, 2.24) is 9.13 Å². The average Bonchev–Trinajstić information content (AvgIpc) is 2.23. The topological polar surface area (TPSA) is 113 Å². The molecular formula is C8H10N4O4. The Morgan fingerprint density at radius 2 is 1.88 bits per heavy atom. The summed E-state index contributed by atoms with van der Waals surface area (Å²) in [6, 6.07) is 0. The van der Waals surface area contributed by atoms with E-state index in [1.807, 2.05) is 0 Å². The molecule has 0 radical (unpaired) electrons. The molecule has 0 spiro atoms. The maximum atomic E-state index is 11.6. The Balaban J connectivity index is 3.59. The van der Waals surface area contributed by atoms with Crippen LogP contribution in [0.25, 0.3) is 6.08 Å². The minimum absolute atomic E-state index is 0.0821. The van der Waals surface area contributed by atoms with Crippen molar-refractivity contribution in [3.05, 3.63) is 42.7 Å². The molecular weight excluding hydrogens is 216 g/mol. The molecule has 8 heteroatoms. The van der Waals surface area contributed by atoms with Crippen molar-refractivity contribution in [2.45, 2.75) is 0 Å². The van der Waals surface area contributed by atoms with Crippen LogP contribution in [0.1, 0.15) is 5.56 Å². The number of hydrogen-bond acceptors (Lipinski definition) is 5. The van der Waals surface area contributed by atoms with Gasteiger partial charge in [0.15, 0.2) is 0 Å². The van der Waals surface area contributed by atoms with Gasteiger partial charge in [-0.05, 0) is 0 Å². The van der Waals surface area contributed by atoms with E-state index in [4.69, 9.17) is 5.73 Å². The molecule has 1 aromatic heterocycles. The predicted molar refractivity (Wildman–Crippen MR) is 57.4 cm³/mol. The van der Waals surface area contributed by atoms with Gasteiger partial charge in [0.05, 0.1) is 10.5 Å². The zero-order chi connectivity index (χ0) is 12.5. The van der Waals surface area contributed by atoms with Crippen molar-refractivity contribution in [3.8, 4) is 0 Å². The van der Waals surface area contributed by atoms with Crippen LogP contribution < -0.4 is 17.0 Å². The Labute approximate surface area is 89.4 Å². The quantitative estimate of drug-likeness (QED) is 0.508. The number of anilines is 1. The molecule has 1 rings (SSSR count). The smallest absolute Gasteiger partial charge is 0.332 e. The van der Waals surface area contributed by atoms with Gasteiger partial charge in [0.1, 0.15) is 5.82 Å². The van der Waals surface area contributed by atoms with Gasteiger partial charge in [-0.1, -0.05) is 0 Å². The standard InChI is InChI=1S/C8H10N4O4/c1-10-6(9)5(3-4-12(15)16)7(13)11(2)8(10)14/h3-4H,9H2,1-2H3/b4-3+. The van der Waals surface area contributed by atoms with E-state index < -0.39 is 16.2 Å². The maximum Gasteiger partial charge on any atom is 0.332 e. The van der Waals surface area contributed by atoms with E-state index in [0.717, 1.165) is 15.2 Å². The molecule has 2 N–H and O–H groups in total. The number of nitrogens with two attached hydrogens (primary N) is 1. The lowest BCUT2D eigenvalue weighted by Gasteiger charge is -2.07. The molecule has 0 saturated carbocycles. The largest absolute Gasteiger partial charge is 0.384 e. The van der Waals surface area contributed by atoms with E-state index in [1.165, 1.54) is 14.1 Å². The average molecular weight is 226 g/mol. The first-order valence-corrected chi connectivity index (χ1v) is 4.23. The van der Waals surface area contributed by atoms with Crippen molar-refractivity contribution in [1.29, 1.82) is 0 Å². The highest BCUT2D eigenvalue weighted by Gasteiger charge is 2.11. The van der Waals surface area contributed by atoms with Gasteiger partial charge in [-0.3, -0.25) is 24.0 Å². The molecule has 0 unspecified atom stereocenters. The second-order valence-corrected chi connectivity index (χ2v) is 3.11. The molecule has 86 valence electrons. The molecule has 16 heavy (non-hydrogen) atoms. The molecule has 0 atom stereocenters. The number of nitrogen functional groups attached to an aromatic ring is 1. The highest BCUT2D eigenvalue weighted by Crippen LogP contribution is 2.04. The van der Waals surface area contributed by atoms with E-state index in [2.05, 4.69) is 0 Å². The van der Waals surface area contributed by atoms with Gasteiger partial charge in [0.25, 0.3) is 5.56 Å². The molecule has 0 aliphatic rings. The summed E-state index contributed by atoms with van der Waals surface area (Å²) >= 11 is 0. The number of hydrogen-bond donors (Lipinski definition) is 1. The normalized spacial score (nSPS) is 10.9. The predicted octanol–water partition coefficient (Wildman–Crippen LogP) is -1.09. The molecule has 0 fully saturated rings. The van der Waals surface area contributed by atoms with Crippen LogP contribution in [0.15, 0.2) is 15.8 Å². The van der Waals surface area contributed by atoms with Crippen LogP contribution in [-0.2, 0) is 14.1 Å². The first-order chi connectivity index (χ1) is 7.36. The molecule has 8 nitrogen and oxygen atoms in total. The molecule has 0 aromatic carbocycles.